The average Bonchev–Trinajstić information content (AvgIpc) is 2.32. The van der Waals surface area contributed by atoms with Crippen molar-refractivity contribution in [3.05, 3.63) is 24.0 Å². The maximum absolute atomic E-state index is 5.38. The molecule has 1 aromatic rings. The molecule has 1 unspecified atom stereocenters. The summed E-state index contributed by atoms with van der Waals surface area (Å²) in [6, 6.07) is 4.52. The van der Waals surface area contributed by atoms with Crippen molar-refractivity contribution < 1.29 is 0 Å². The predicted octanol–water partition coefficient (Wildman–Crippen LogP) is 1.30. The van der Waals surface area contributed by atoms with Crippen LogP contribution in [0.15, 0.2) is 18.3 Å². The van der Waals surface area contributed by atoms with Crippen molar-refractivity contribution in [2.24, 2.45) is 5.84 Å². The third kappa shape index (κ3) is 2.87. The SMILES string of the molecule is CC1CSCCN1Cc1cc(NN)ccn1. The van der Waals surface area contributed by atoms with Crippen molar-refractivity contribution in [2.75, 3.05) is 23.5 Å². The molecule has 1 atom stereocenters. The van der Waals surface area contributed by atoms with Gasteiger partial charge < -0.3 is 5.43 Å². The van der Waals surface area contributed by atoms with E-state index in [0.717, 1.165) is 24.5 Å². The Labute approximate surface area is 101 Å². The minimum absolute atomic E-state index is 0.634. The van der Waals surface area contributed by atoms with Gasteiger partial charge in [-0.05, 0) is 19.1 Å². The van der Waals surface area contributed by atoms with Crippen LogP contribution in [0.2, 0.25) is 0 Å². The Bertz CT molecular complexity index is 345. The zero-order valence-corrected chi connectivity index (χ0v) is 10.3. The van der Waals surface area contributed by atoms with Gasteiger partial charge in [-0.3, -0.25) is 15.7 Å². The lowest BCUT2D eigenvalue weighted by molar-refractivity contribution is 0.221. The Morgan fingerprint density at radius 3 is 3.31 bits per heavy atom. The van der Waals surface area contributed by atoms with E-state index in [1.807, 2.05) is 23.9 Å². The summed E-state index contributed by atoms with van der Waals surface area (Å²) < 4.78 is 0. The number of hydrazine groups is 1. The number of hydrogen-bond donors (Lipinski definition) is 2. The summed E-state index contributed by atoms with van der Waals surface area (Å²) in [5.41, 5.74) is 4.65. The summed E-state index contributed by atoms with van der Waals surface area (Å²) in [5.74, 6) is 7.82. The van der Waals surface area contributed by atoms with Gasteiger partial charge >= 0.3 is 0 Å². The number of thioether (sulfide) groups is 1. The van der Waals surface area contributed by atoms with Crippen LogP contribution in [0.4, 0.5) is 5.69 Å². The highest BCUT2D eigenvalue weighted by atomic mass is 32.2. The molecule has 4 nitrogen and oxygen atoms in total. The van der Waals surface area contributed by atoms with Gasteiger partial charge in [0, 0.05) is 36.8 Å². The Balaban J connectivity index is 2.01. The molecule has 16 heavy (non-hydrogen) atoms. The summed E-state index contributed by atoms with van der Waals surface area (Å²) in [5, 5.41) is 0. The Morgan fingerprint density at radius 1 is 1.69 bits per heavy atom. The molecule has 0 saturated carbocycles. The number of nitrogens with one attached hydrogen (secondary N) is 1. The predicted molar refractivity (Wildman–Crippen MR) is 69.2 cm³/mol. The fraction of sp³-hybridized carbons (Fsp3) is 0.545. The van der Waals surface area contributed by atoms with Gasteiger partial charge in [0.15, 0.2) is 0 Å². The largest absolute Gasteiger partial charge is 0.324 e. The number of pyridine rings is 1. The van der Waals surface area contributed by atoms with Crippen molar-refractivity contribution in [2.45, 2.75) is 19.5 Å². The number of hydrogen-bond acceptors (Lipinski definition) is 5. The normalized spacial score (nSPS) is 22.0. The molecule has 0 aliphatic carbocycles. The van der Waals surface area contributed by atoms with Crippen molar-refractivity contribution in [1.29, 1.82) is 0 Å². The van der Waals surface area contributed by atoms with E-state index in [0.29, 0.717) is 6.04 Å². The van der Waals surface area contributed by atoms with Crippen molar-refractivity contribution in [1.82, 2.24) is 9.88 Å². The van der Waals surface area contributed by atoms with Gasteiger partial charge in [-0.2, -0.15) is 11.8 Å². The Hall–Kier alpha value is -0.780. The van der Waals surface area contributed by atoms with E-state index in [1.54, 1.807) is 6.20 Å². The van der Waals surface area contributed by atoms with Crippen molar-refractivity contribution >= 4 is 17.4 Å². The average molecular weight is 238 g/mol. The molecule has 3 N–H and O–H groups in total. The lowest BCUT2D eigenvalue weighted by Gasteiger charge is -2.32. The Kier molecular flexibility index (Phi) is 4.04. The van der Waals surface area contributed by atoms with Crippen LogP contribution in [0, 0.1) is 0 Å². The quantitative estimate of drug-likeness (QED) is 0.614. The second kappa shape index (κ2) is 5.52. The number of aromatic nitrogens is 1. The maximum atomic E-state index is 5.38. The number of nitrogen functional groups attached to an aromatic ring is 1. The molecule has 1 fully saturated rings. The molecule has 1 saturated heterocycles. The van der Waals surface area contributed by atoms with Gasteiger partial charge in [0.25, 0.3) is 0 Å². The first-order chi connectivity index (χ1) is 7.79. The van der Waals surface area contributed by atoms with Crippen LogP contribution in [0.25, 0.3) is 0 Å². The van der Waals surface area contributed by atoms with E-state index in [4.69, 9.17) is 5.84 Å². The van der Waals surface area contributed by atoms with Gasteiger partial charge in [0.05, 0.1) is 11.4 Å². The minimum atomic E-state index is 0.634. The fourth-order valence-corrected chi connectivity index (χ4v) is 2.94. The summed E-state index contributed by atoms with van der Waals surface area (Å²) >= 11 is 2.03. The molecule has 0 aromatic carbocycles. The molecule has 2 rings (SSSR count). The Morgan fingerprint density at radius 2 is 2.56 bits per heavy atom. The van der Waals surface area contributed by atoms with E-state index in [1.165, 1.54) is 11.5 Å². The van der Waals surface area contributed by atoms with Crippen LogP contribution in [-0.4, -0.2) is 34.0 Å². The van der Waals surface area contributed by atoms with Gasteiger partial charge in [-0.1, -0.05) is 0 Å². The molecule has 1 aliphatic rings. The monoisotopic (exact) mass is 238 g/mol. The maximum Gasteiger partial charge on any atom is 0.0565 e. The molecule has 88 valence electrons. The van der Waals surface area contributed by atoms with Gasteiger partial charge in [-0.25, -0.2) is 0 Å². The highest BCUT2D eigenvalue weighted by Crippen LogP contribution is 2.18. The molecule has 2 heterocycles. The highest BCUT2D eigenvalue weighted by Gasteiger charge is 2.18. The van der Waals surface area contributed by atoms with E-state index >= 15 is 0 Å². The molecular weight excluding hydrogens is 220 g/mol. The standard InChI is InChI=1S/C11H18N4S/c1-9-8-16-5-4-15(9)7-11-6-10(14-12)2-3-13-11/h2-3,6,9H,4-5,7-8,12H2,1H3,(H,13,14). The summed E-state index contributed by atoms with van der Waals surface area (Å²) in [4.78, 5) is 6.84. The van der Waals surface area contributed by atoms with E-state index in [-0.39, 0.29) is 0 Å². The van der Waals surface area contributed by atoms with E-state index < -0.39 is 0 Å². The number of anilines is 1. The topological polar surface area (TPSA) is 54.2 Å². The van der Waals surface area contributed by atoms with Crippen LogP contribution < -0.4 is 11.3 Å². The lowest BCUT2D eigenvalue weighted by atomic mass is 10.2. The van der Waals surface area contributed by atoms with Gasteiger partial charge in [0.1, 0.15) is 0 Å². The second-order valence-electron chi connectivity index (χ2n) is 4.07. The van der Waals surface area contributed by atoms with Crippen LogP contribution >= 0.6 is 11.8 Å². The zero-order chi connectivity index (χ0) is 11.4. The van der Waals surface area contributed by atoms with Crippen LogP contribution in [-0.2, 0) is 6.54 Å². The van der Waals surface area contributed by atoms with Crippen LogP contribution in [0.1, 0.15) is 12.6 Å². The summed E-state index contributed by atoms with van der Waals surface area (Å²) in [7, 11) is 0. The van der Waals surface area contributed by atoms with Gasteiger partial charge in [0.2, 0.25) is 0 Å². The first-order valence-electron chi connectivity index (χ1n) is 5.53. The van der Waals surface area contributed by atoms with Crippen LogP contribution in [0.3, 0.4) is 0 Å². The highest BCUT2D eigenvalue weighted by molar-refractivity contribution is 7.99. The van der Waals surface area contributed by atoms with E-state index in [2.05, 4.69) is 22.2 Å². The van der Waals surface area contributed by atoms with E-state index in [9.17, 15) is 0 Å². The number of nitrogens with zero attached hydrogens (tertiary/aromatic N) is 2. The molecule has 1 aromatic heterocycles. The molecular formula is C11H18N4S. The molecule has 0 radical (unpaired) electrons. The zero-order valence-electron chi connectivity index (χ0n) is 9.52. The lowest BCUT2D eigenvalue weighted by Crippen LogP contribution is -2.39. The number of rotatable bonds is 3. The molecule has 1 aliphatic heterocycles. The number of nitrogens with two attached hydrogens (primary N) is 1. The van der Waals surface area contributed by atoms with Crippen LogP contribution in [0.5, 0.6) is 0 Å². The smallest absolute Gasteiger partial charge is 0.0565 e. The summed E-state index contributed by atoms with van der Waals surface area (Å²) in [6.45, 7) is 4.34. The molecule has 0 spiro atoms. The summed E-state index contributed by atoms with van der Waals surface area (Å²) in [6.07, 6.45) is 1.80. The molecule has 0 bridgehead atoms. The van der Waals surface area contributed by atoms with Crippen molar-refractivity contribution in [3.8, 4) is 0 Å². The van der Waals surface area contributed by atoms with Crippen molar-refractivity contribution in [3.63, 3.8) is 0 Å². The minimum Gasteiger partial charge on any atom is -0.324 e. The fourth-order valence-electron chi connectivity index (χ4n) is 1.86. The molecule has 0 amide bonds. The third-order valence-electron chi connectivity index (χ3n) is 2.85. The molecule has 5 heteroatoms. The first kappa shape index (κ1) is 11.7. The third-order valence-corrected chi connectivity index (χ3v) is 4.04. The van der Waals surface area contributed by atoms with Gasteiger partial charge in [-0.15, -0.1) is 0 Å². The first-order valence-corrected chi connectivity index (χ1v) is 6.68. The second-order valence-corrected chi connectivity index (χ2v) is 5.22.